The van der Waals surface area contributed by atoms with Gasteiger partial charge in [0.05, 0.1) is 0 Å². The zero-order valence-electron chi connectivity index (χ0n) is 10.4. The summed E-state index contributed by atoms with van der Waals surface area (Å²) in [6.45, 7) is 0.392. The first kappa shape index (κ1) is 13.5. The first-order chi connectivity index (χ1) is 9.06. The number of hydrogen-bond acceptors (Lipinski definition) is 2. The molecule has 0 fully saturated rings. The molecule has 0 aliphatic heterocycles. The van der Waals surface area contributed by atoms with Gasteiger partial charge in [-0.3, -0.25) is 9.59 Å². The van der Waals surface area contributed by atoms with Gasteiger partial charge in [-0.25, -0.2) is 0 Å². The largest absolute Gasteiger partial charge is 0.348 e. The molecule has 2 aromatic rings. The third-order valence-electron chi connectivity index (χ3n) is 2.71. The van der Waals surface area contributed by atoms with Gasteiger partial charge in [-0.15, -0.1) is 0 Å². The van der Waals surface area contributed by atoms with Gasteiger partial charge < -0.3 is 9.88 Å². The molecule has 0 aliphatic rings. The maximum absolute atomic E-state index is 11.9. The Morgan fingerprint density at radius 2 is 1.89 bits per heavy atom. The summed E-state index contributed by atoms with van der Waals surface area (Å²) in [5.41, 5.74) is 1.42. The molecule has 0 bridgehead atoms. The van der Waals surface area contributed by atoms with E-state index in [4.69, 9.17) is 0 Å². The van der Waals surface area contributed by atoms with Crippen molar-refractivity contribution in [3.05, 3.63) is 68.5 Å². The molecule has 0 atom stereocenters. The molecule has 1 amide bonds. The first-order valence-corrected chi connectivity index (χ1v) is 6.55. The Kier molecular flexibility index (Phi) is 4.16. The molecule has 0 saturated carbocycles. The topological polar surface area (TPSA) is 51.1 Å². The molecule has 1 aromatic heterocycles. The average molecular weight is 321 g/mol. The Labute approximate surface area is 119 Å². The monoisotopic (exact) mass is 320 g/mol. The highest BCUT2D eigenvalue weighted by atomic mass is 79.9. The molecule has 0 spiro atoms. The number of carbonyl (C=O) groups excluding carboxylic acids is 1. The van der Waals surface area contributed by atoms with E-state index in [2.05, 4.69) is 21.2 Å². The van der Waals surface area contributed by atoms with Gasteiger partial charge in [0.2, 0.25) is 5.56 Å². The third kappa shape index (κ3) is 3.54. The van der Waals surface area contributed by atoms with Crippen LogP contribution in [0.4, 0.5) is 0 Å². The Morgan fingerprint density at radius 1 is 1.21 bits per heavy atom. The number of nitrogens with one attached hydrogen (secondary N) is 1. The molecule has 1 N–H and O–H groups in total. The van der Waals surface area contributed by atoms with Crippen LogP contribution in [-0.4, -0.2) is 10.5 Å². The Hall–Kier alpha value is -1.88. The lowest BCUT2D eigenvalue weighted by atomic mass is 10.2. The number of nitrogens with zero attached hydrogens (tertiary/aromatic N) is 1. The van der Waals surface area contributed by atoms with Gasteiger partial charge in [0.25, 0.3) is 5.91 Å². The van der Waals surface area contributed by atoms with Crippen LogP contribution in [-0.2, 0) is 13.6 Å². The smallest absolute Gasteiger partial charge is 0.251 e. The number of hydrogen-bond donors (Lipinski definition) is 1. The lowest BCUT2D eigenvalue weighted by Crippen LogP contribution is -2.24. The molecule has 1 aromatic carbocycles. The number of benzene rings is 1. The zero-order valence-corrected chi connectivity index (χ0v) is 12.0. The highest BCUT2D eigenvalue weighted by Crippen LogP contribution is 2.10. The van der Waals surface area contributed by atoms with E-state index >= 15 is 0 Å². The lowest BCUT2D eigenvalue weighted by molar-refractivity contribution is 0.0951. The second kappa shape index (κ2) is 5.84. The van der Waals surface area contributed by atoms with Gasteiger partial charge in [-0.2, -0.15) is 0 Å². The summed E-state index contributed by atoms with van der Waals surface area (Å²) in [5, 5.41) is 2.81. The first-order valence-electron chi connectivity index (χ1n) is 5.75. The minimum absolute atomic E-state index is 0.0667. The molecule has 19 heavy (non-hydrogen) atoms. The van der Waals surface area contributed by atoms with Crippen molar-refractivity contribution in [1.29, 1.82) is 0 Å². The van der Waals surface area contributed by atoms with Crippen molar-refractivity contribution in [2.24, 2.45) is 7.05 Å². The van der Waals surface area contributed by atoms with E-state index in [0.717, 1.165) is 10.0 Å². The maximum Gasteiger partial charge on any atom is 0.251 e. The van der Waals surface area contributed by atoms with E-state index in [1.54, 1.807) is 31.4 Å². The van der Waals surface area contributed by atoms with Gasteiger partial charge in [0.15, 0.2) is 0 Å². The number of rotatable bonds is 3. The molecule has 98 valence electrons. The molecular formula is C14H13BrN2O2. The molecule has 1 heterocycles. The van der Waals surface area contributed by atoms with E-state index in [1.807, 2.05) is 12.1 Å². The fourth-order valence-electron chi connectivity index (χ4n) is 1.64. The third-order valence-corrected chi connectivity index (χ3v) is 3.24. The van der Waals surface area contributed by atoms with Crippen LogP contribution in [0.3, 0.4) is 0 Å². The second-order valence-electron chi connectivity index (χ2n) is 4.18. The highest BCUT2D eigenvalue weighted by Gasteiger charge is 2.05. The SMILES string of the molecule is Cn1cc(CNC(=O)c2ccc(Br)cc2)ccc1=O. The number of carbonyl (C=O) groups is 1. The van der Waals surface area contributed by atoms with Crippen LogP contribution in [0.2, 0.25) is 0 Å². The van der Waals surface area contributed by atoms with E-state index in [-0.39, 0.29) is 11.5 Å². The van der Waals surface area contributed by atoms with Crippen molar-refractivity contribution in [2.45, 2.75) is 6.54 Å². The number of aryl methyl sites for hydroxylation is 1. The second-order valence-corrected chi connectivity index (χ2v) is 5.09. The fraction of sp³-hybridized carbons (Fsp3) is 0.143. The fourth-order valence-corrected chi connectivity index (χ4v) is 1.91. The van der Waals surface area contributed by atoms with Gasteiger partial charge in [0, 0.05) is 35.9 Å². The summed E-state index contributed by atoms with van der Waals surface area (Å²) in [6.07, 6.45) is 1.71. The lowest BCUT2D eigenvalue weighted by Gasteiger charge is -2.06. The predicted octanol–water partition coefficient (Wildman–Crippen LogP) is 2.08. The molecule has 0 saturated heterocycles. The van der Waals surface area contributed by atoms with Crippen molar-refractivity contribution in [3.63, 3.8) is 0 Å². The van der Waals surface area contributed by atoms with Crippen molar-refractivity contribution < 1.29 is 4.79 Å². The normalized spacial score (nSPS) is 10.2. The summed E-state index contributed by atoms with van der Waals surface area (Å²) in [5.74, 6) is -0.138. The minimum Gasteiger partial charge on any atom is -0.348 e. The molecule has 5 heteroatoms. The van der Waals surface area contributed by atoms with Gasteiger partial charge in [-0.05, 0) is 29.8 Å². The van der Waals surface area contributed by atoms with Crippen molar-refractivity contribution in [2.75, 3.05) is 0 Å². The maximum atomic E-state index is 11.9. The summed E-state index contributed by atoms with van der Waals surface area (Å²) >= 11 is 3.32. The Balaban J connectivity index is 2.02. The van der Waals surface area contributed by atoms with Crippen LogP contribution >= 0.6 is 15.9 Å². The average Bonchev–Trinajstić information content (AvgIpc) is 2.40. The molecular weight excluding hydrogens is 308 g/mol. The molecule has 4 nitrogen and oxygen atoms in total. The Bertz CT molecular complexity index is 647. The number of aromatic nitrogens is 1. The summed E-state index contributed by atoms with van der Waals surface area (Å²) in [4.78, 5) is 23.1. The standard InChI is InChI=1S/C14H13BrN2O2/c1-17-9-10(2-7-13(17)18)8-16-14(19)11-3-5-12(15)6-4-11/h2-7,9H,8H2,1H3,(H,16,19). The van der Waals surface area contributed by atoms with Gasteiger partial charge in [-0.1, -0.05) is 22.0 Å². The van der Waals surface area contributed by atoms with Crippen molar-refractivity contribution in [1.82, 2.24) is 9.88 Å². The summed E-state index contributed by atoms with van der Waals surface area (Å²) < 4.78 is 2.42. The molecule has 0 aliphatic carbocycles. The number of halogens is 1. The van der Waals surface area contributed by atoms with Crippen LogP contribution in [0.15, 0.2) is 51.9 Å². The molecule has 2 rings (SSSR count). The summed E-state index contributed by atoms with van der Waals surface area (Å²) in [6, 6.07) is 10.3. The van der Waals surface area contributed by atoms with E-state index in [0.29, 0.717) is 12.1 Å². The van der Waals surface area contributed by atoms with Gasteiger partial charge >= 0.3 is 0 Å². The Morgan fingerprint density at radius 3 is 2.53 bits per heavy atom. The number of pyridine rings is 1. The van der Waals surface area contributed by atoms with Crippen molar-refractivity contribution >= 4 is 21.8 Å². The predicted molar refractivity (Wildman–Crippen MR) is 77.0 cm³/mol. The van der Waals surface area contributed by atoms with E-state index < -0.39 is 0 Å². The molecule has 0 radical (unpaired) electrons. The van der Waals surface area contributed by atoms with Crippen LogP contribution in [0.5, 0.6) is 0 Å². The number of amides is 1. The van der Waals surface area contributed by atoms with Crippen LogP contribution in [0.1, 0.15) is 15.9 Å². The van der Waals surface area contributed by atoms with Crippen LogP contribution in [0.25, 0.3) is 0 Å². The van der Waals surface area contributed by atoms with Gasteiger partial charge in [0.1, 0.15) is 0 Å². The van der Waals surface area contributed by atoms with E-state index in [9.17, 15) is 9.59 Å². The van der Waals surface area contributed by atoms with E-state index in [1.165, 1.54) is 10.6 Å². The minimum atomic E-state index is -0.138. The van der Waals surface area contributed by atoms with Crippen LogP contribution in [0, 0.1) is 0 Å². The quantitative estimate of drug-likeness (QED) is 0.941. The van der Waals surface area contributed by atoms with Crippen molar-refractivity contribution in [3.8, 4) is 0 Å². The van der Waals surface area contributed by atoms with Crippen LogP contribution < -0.4 is 10.9 Å². The molecule has 0 unspecified atom stereocenters. The zero-order chi connectivity index (χ0) is 13.8. The summed E-state index contributed by atoms with van der Waals surface area (Å²) in [7, 11) is 1.68. The highest BCUT2D eigenvalue weighted by molar-refractivity contribution is 9.10.